The van der Waals surface area contributed by atoms with Crippen molar-refractivity contribution in [1.29, 1.82) is 0 Å². The Morgan fingerprint density at radius 2 is 1.77 bits per heavy atom. The van der Waals surface area contributed by atoms with Crippen molar-refractivity contribution in [1.82, 2.24) is 0 Å². The SMILES string of the molecule is Cc1cccc(/C=C/C(=O)O[C@H](C)C(=O)Nc2ccccc2C(C)C)c1. The monoisotopic (exact) mass is 351 g/mol. The summed E-state index contributed by atoms with van der Waals surface area (Å²) in [4.78, 5) is 24.3. The van der Waals surface area contributed by atoms with Crippen molar-refractivity contribution < 1.29 is 14.3 Å². The highest BCUT2D eigenvalue weighted by Crippen LogP contribution is 2.23. The predicted octanol–water partition coefficient (Wildman–Crippen LogP) is 4.70. The number of aryl methyl sites for hydroxylation is 1. The van der Waals surface area contributed by atoms with Crippen molar-refractivity contribution in [3.05, 3.63) is 71.3 Å². The van der Waals surface area contributed by atoms with Gasteiger partial charge in [0.2, 0.25) is 0 Å². The molecule has 1 N–H and O–H groups in total. The Kier molecular flexibility index (Phi) is 6.73. The van der Waals surface area contributed by atoms with E-state index < -0.39 is 12.1 Å². The Morgan fingerprint density at radius 1 is 1.04 bits per heavy atom. The van der Waals surface area contributed by atoms with Gasteiger partial charge in [0, 0.05) is 11.8 Å². The number of carbonyl (C=O) groups is 2. The maximum atomic E-state index is 12.3. The Hall–Kier alpha value is -2.88. The minimum Gasteiger partial charge on any atom is -0.449 e. The number of ether oxygens (including phenoxy) is 1. The summed E-state index contributed by atoms with van der Waals surface area (Å²) in [6.07, 6.45) is 2.12. The summed E-state index contributed by atoms with van der Waals surface area (Å²) in [6.45, 7) is 7.66. The van der Waals surface area contributed by atoms with Crippen molar-refractivity contribution >= 4 is 23.6 Å². The number of hydrogen-bond acceptors (Lipinski definition) is 3. The van der Waals surface area contributed by atoms with Crippen molar-refractivity contribution in [2.24, 2.45) is 0 Å². The second-order valence-corrected chi connectivity index (χ2v) is 6.56. The molecule has 136 valence electrons. The third-order valence-corrected chi connectivity index (χ3v) is 3.96. The zero-order valence-electron chi connectivity index (χ0n) is 15.7. The van der Waals surface area contributed by atoms with Crippen LogP contribution in [0.15, 0.2) is 54.6 Å². The van der Waals surface area contributed by atoms with Crippen LogP contribution in [0.25, 0.3) is 6.08 Å². The molecule has 2 aromatic rings. The van der Waals surface area contributed by atoms with Gasteiger partial charge in [0.05, 0.1) is 0 Å². The molecule has 2 rings (SSSR count). The number of carbonyl (C=O) groups excluding carboxylic acids is 2. The second-order valence-electron chi connectivity index (χ2n) is 6.56. The molecule has 1 atom stereocenters. The van der Waals surface area contributed by atoms with Crippen LogP contribution in [-0.4, -0.2) is 18.0 Å². The molecule has 0 saturated heterocycles. The van der Waals surface area contributed by atoms with Crippen LogP contribution in [0.1, 0.15) is 43.4 Å². The molecule has 0 fully saturated rings. The summed E-state index contributed by atoms with van der Waals surface area (Å²) in [5, 5.41) is 2.84. The summed E-state index contributed by atoms with van der Waals surface area (Å²) in [5.41, 5.74) is 3.80. The van der Waals surface area contributed by atoms with E-state index in [9.17, 15) is 9.59 Å². The third kappa shape index (κ3) is 5.59. The van der Waals surface area contributed by atoms with E-state index in [4.69, 9.17) is 4.74 Å². The minimum absolute atomic E-state index is 0.279. The lowest BCUT2D eigenvalue weighted by atomic mass is 10.0. The highest BCUT2D eigenvalue weighted by Gasteiger charge is 2.18. The normalized spacial score (nSPS) is 12.2. The molecule has 0 aliphatic carbocycles. The fourth-order valence-electron chi connectivity index (χ4n) is 2.55. The fourth-order valence-corrected chi connectivity index (χ4v) is 2.55. The molecule has 0 heterocycles. The van der Waals surface area contributed by atoms with Crippen molar-refractivity contribution in [3.8, 4) is 0 Å². The summed E-state index contributed by atoms with van der Waals surface area (Å²) in [7, 11) is 0. The molecular formula is C22H25NO3. The van der Waals surface area contributed by atoms with Crippen molar-refractivity contribution in [2.75, 3.05) is 5.32 Å². The molecule has 0 radical (unpaired) electrons. The summed E-state index contributed by atoms with van der Waals surface area (Å²) in [6, 6.07) is 15.4. The third-order valence-electron chi connectivity index (χ3n) is 3.96. The standard InChI is InChI=1S/C22H25NO3/c1-15(2)19-10-5-6-11-20(19)23-22(25)17(4)26-21(24)13-12-18-9-7-8-16(3)14-18/h5-15,17H,1-4H3,(H,23,25)/b13-12+/t17-/m1/s1. The first-order valence-electron chi connectivity index (χ1n) is 8.72. The van der Waals surface area contributed by atoms with Crippen LogP contribution in [0, 0.1) is 6.92 Å². The highest BCUT2D eigenvalue weighted by molar-refractivity contribution is 5.97. The molecule has 0 spiro atoms. The zero-order chi connectivity index (χ0) is 19.1. The van der Waals surface area contributed by atoms with Gasteiger partial charge in [-0.1, -0.05) is 61.9 Å². The molecule has 1 amide bonds. The number of rotatable bonds is 6. The number of nitrogens with one attached hydrogen (secondary N) is 1. The zero-order valence-corrected chi connectivity index (χ0v) is 15.7. The van der Waals surface area contributed by atoms with Gasteiger partial charge in [-0.05, 0) is 43.0 Å². The highest BCUT2D eigenvalue weighted by atomic mass is 16.5. The molecule has 2 aromatic carbocycles. The molecule has 0 aliphatic heterocycles. The summed E-state index contributed by atoms with van der Waals surface area (Å²) >= 11 is 0. The van der Waals surface area contributed by atoms with Gasteiger partial charge in [-0.3, -0.25) is 4.79 Å². The van der Waals surface area contributed by atoms with Crippen LogP contribution in [0.4, 0.5) is 5.69 Å². The van der Waals surface area contributed by atoms with Gasteiger partial charge < -0.3 is 10.1 Å². The van der Waals surface area contributed by atoms with Gasteiger partial charge in [0.15, 0.2) is 6.10 Å². The molecular weight excluding hydrogens is 326 g/mol. The quantitative estimate of drug-likeness (QED) is 0.606. The van der Waals surface area contributed by atoms with Crippen LogP contribution >= 0.6 is 0 Å². The lowest BCUT2D eigenvalue weighted by Gasteiger charge is -2.16. The van der Waals surface area contributed by atoms with Crippen LogP contribution in [-0.2, 0) is 14.3 Å². The number of para-hydroxylation sites is 1. The molecule has 4 nitrogen and oxygen atoms in total. The van der Waals surface area contributed by atoms with Crippen LogP contribution < -0.4 is 5.32 Å². The van der Waals surface area contributed by atoms with Gasteiger partial charge in [0.1, 0.15) is 0 Å². The number of amides is 1. The average molecular weight is 351 g/mol. The van der Waals surface area contributed by atoms with Crippen molar-refractivity contribution in [3.63, 3.8) is 0 Å². The first-order valence-corrected chi connectivity index (χ1v) is 8.72. The Labute approximate surface area is 154 Å². The first kappa shape index (κ1) is 19.4. The van der Waals surface area contributed by atoms with E-state index in [1.807, 2.05) is 55.5 Å². The van der Waals surface area contributed by atoms with Gasteiger partial charge in [0.25, 0.3) is 5.91 Å². The minimum atomic E-state index is -0.884. The lowest BCUT2D eigenvalue weighted by molar-refractivity contribution is -0.148. The van der Waals surface area contributed by atoms with E-state index in [1.165, 1.54) is 6.08 Å². The summed E-state index contributed by atoms with van der Waals surface area (Å²) < 4.78 is 5.20. The van der Waals surface area contributed by atoms with Gasteiger partial charge in [-0.25, -0.2) is 4.79 Å². The van der Waals surface area contributed by atoms with E-state index in [0.717, 1.165) is 22.4 Å². The number of benzene rings is 2. The van der Waals surface area contributed by atoms with E-state index in [0.29, 0.717) is 0 Å². The Balaban J connectivity index is 1.95. The molecule has 0 aromatic heterocycles. The van der Waals surface area contributed by atoms with Gasteiger partial charge >= 0.3 is 5.97 Å². The first-order chi connectivity index (χ1) is 12.4. The fraction of sp³-hybridized carbons (Fsp3) is 0.273. The smallest absolute Gasteiger partial charge is 0.331 e. The number of hydrogen-bond donors (Lipinski definition) is 1. The Bertz CT molecular complexity index is 809. The van der Waals surface area contributed by atoms with Crippen LogP contribution in [0.5, 0.6) is 0 Å². The average Bonchev–Trinajstić information content (AvgIpc) is 2.60. The molecule has 26 heavy (non-hydrogen) atoms. The van der Waals surface area contributed by atoms with Crippen LogP contribution in [0.3, 0.4) is 0 Å². The molecule has 0 saturated carbocycles. The molecule has 0 aliphatic rings. The molecule has 0 bridgehead atoms. The van der Waals surface area contributed by atoms with E-state index in [1.54, 1.807) is 13.0 Å². The second kappa shape index (κ2) is 8.99. The number of anilines is 1. The Morgan fingerprint density at radius 3 is 2.46 bits per heavy atom. The topological polar surface area (TPSA) is 55.4 Å². The van der Waals surface area contributed by atoms with E-state index in [-0.39, 0.29) is 11.8 Å². The summed E-state index contributed by atoms with van der Waals surface area (Å²) in [5.74, 6) is -0.622. The van der Waals surface area contributed by atoms with E-state index in [2.05, 4.69) is 19.2 Å². The van der Waals surface area contributed by atoms with Crippen molar-refractivity contribution in [2.45, 2.75) is 39.7 Å². The largest absolute Gasteiger partial charge is 0.449 e. The van der Waals surface area contributed by atoms with Gasteiger partial charge in [-0.15, -0.1) is 0 Å². The molecule has 0 unspecified atom stereocenters. The lowest BCUT2D eigenvalue weighted by Crippen LogP contribution is -2.29. The number of esters is 1. The van der Waals surface area contributed by atoms with E-state index >= 15 is 0 Å². The predicted molar refractivity (Wildman–Crippen MR) is 105 cm³/mol. The van der Waals surface area contributed by atoms with Crippen LogP contribution in [0.2, 0.25) is 0 Å². The maximum absolute atomic E-state index is 12.3. The van der Waals surface area contributed by atoms with Gasteiger partial charge in [-0.2, -0.15) is 0 Å². The molecule has 4 heteroatoms. The maximum Gasteiger partial charge on any atom is 0.331 e.